The molecule has 1 N–H and O–H groups in total. The highest BCUT2D eigenvalue weighted by atomic mass is 19.2. The fourth-order valence-corrected chi connectivity index (χ4v) is 2.45. The normalized spacial score (nSPS) is 10.8. The Labute approximate surface area is 155 Å². The third kappa shape index (κ3) is 3.66. The molecular formula is C20H11F5O3. The molecule has 144 valence electrons. The first-order chi connectivity index (χ1) is 13.3. The molecule has 28 heavy (non-hydrogen) atoms. The van der Waals surface area contributed by atoms with Gasteiger partial charge in [0.05, 0.1) is 11.1 Å². The molecule has 3 aromatic rings. The summed E-state index contributed by atoms with van der Waals surface area (Å²) in [5.74, 6) is -11.5. The second-order valence-corrected chi connectivity index (χ2v) is 5.75. The molecule has 0 bridgehead atoms. The molecule has 0 heterocycles. The number of rotatable bonds is 4. The highest BCUT2D eigenvalue weighted by molar-refractivity contribution is 5.90. The Morgan fingerprint density at radius 3 is 1.64 bits per heavy atom. The zero-order valence-corrected chi connectivity index (χ0v) is 14.0. The average molecular weight is 394 g/mol. The van der Waals surface area contributed by atoms with Gasteiger partial charge < -0.3 is 9.84 Å². The van der Waals surface area contributed by atoms with Gasteiger partial charge in [-0.2, -0.15) is 0 Å². The van der Waals surface area contributed by atoms with Crippen LogP contribution < -0.4 is 0 Å². The van der Waals surface area contributed by atoms with Gasteiger partial charge in [0.2, 0.25) is 5.82 Å². The van der Waals surface area contributed by atoms with Crippen molar-refractivity contribution in [1.82, 2.24) is 0 Å². The zero-order valence-electron chi connectivity index (χ0n) is 14.0. The van der Waals surface area contributed by atoms with Crippen LogP contribution in [0.1, 0.15) is 15.9 Å². The molecule has 0 saturated carbocycles. The van der Waals surface area contributed by atoms with Crippen LogP contribution in [0.2, 0.25) is 0 Å². The predicted octanol–water partition coefficient (Wildman–Crippen LogP) is 5.11. The molecule has 3 nitrogen and oxygen atoms in total. The van der Waals surface area contributed by atoms with E-state index < -0.39 is 47.2 Å². The smallest absolute Gasteiger partial charge is 0.338 e. The predicted molar refractivity (Wildman–Crippen MR) is 88.9 cm³/mol. The Morgan fingerprint density at radius 1 is 0.714 bits per heavy atom. The summed E-state index contributed by atoms with van der Waals surface area (Å²) in [7, 11) is 0. The molecule has 8 heteroatoms. The Morgan fingerprint density at radius 2 is 1.14 bits per heavy atom. The maximum atomic E-state index is 13.6. The van der Waals surface area contributed by atoms with E-state index in [0.717, 1.165) is 11.1 Å². The lowest BCUT2D eigenvalue weighted by Crippen LogP contribution is -2.11. The molecule has 3 aromatic carbocycles. The minimum atomic E-state index is -2.28. The van der Waals surface area contributed by atoms with Crippen LogP contribution in [-0.4, -0.2) is 11.1 Å². The van der Waals surface area contributed by atoms with E-state index in [9.17, 15) is 31.9 Å². The number of phenolic OH excluding ortho intramolecular Hbond substituents is 1. The standard InChI is InChI=1S/C20H11F5O3/c21-15-14(16(22)18(24)19(25)17(15)23)9-28-20(27)12-3-1-10(2-4-12)11-5-7-13(26)8-6-11/h1-8,26H,9H2. The average Bonchev–Trinajstić information content (AvgIpc) is 2.71. The molecule has 0 amide bonds. The van der Waals surface area contributed by atoms with Crippen LogP contribution in [0.4, 0.5) is 22.0 Å². The number of ether oxygens (including phenoxy) is 1. The molecule has 0 spiro atoms. The molecule has 3 rings (SSSR count). The number of esters is 1. The number of carbonyl (C=O) groups is 1. The summed E-state index contributed by atoms with van der Waals surface area (Å²) in [5, 5.41) is 9.28. The molecule has 0 aliphatic heterocycles. The monoisotopic (exact) mass is 394 g/mol. The third-order valence-corrected chi connectivity index (χ3v) is 3.97. The second-order valence-electron chi connectivity index (χ2n) is 5.75. The highest BCUT2D eigenvalue weighted by Gasteiger charge is 2.26. The van der Waals surface area contributed by atoms with E-state index >= 15 is 0 Å². The SMILES string of the molecule is O=C(OCc1c(F)c(F)c(F)c(F)c1F)c1ccc(-c2ccc(O)cc2)cc1. The van der Waals surface area contributed by atoms with Crippen LogP contribution in [0.15, 0.2) is 48.5 Å². The first-order valence-electron chi connectivity index (χ1n) is 7.86. The molecular weight excluding hydrogens is 383 g/mol. The maximum absolute atomic E-state index is 13.6. The van der Waals surface area contributed by atoms with Crippen molar-refractivity contribution in [2.45, 2.75) is 6.61 Å². The largest absolute Gasteiger partial charge is 0.508 e. The molecule has 0 aliphatic rings. The number of benzene rings is 3. The summed E-state index contributed by atoms with van der Waals surface area (Å²) in [6, 6.07) is 12.2. The van der Waals surface area contributed by atoms with Gasteiger partial charge in [0, 0.05) is 0 Å². The number of phenols is 1. The van der Waals surface area contributed by atoms with E-state index in [4.69, 9.17) is 0 Å². The first-order valence-corrected chi connectivity index (χ1v) is 7.86. The number of hydrogen-bond acceptors (Lipinski definition) is 3. The lowest BCUT2D eigenvalue weighted by atomic mass is 10.0. The van der Waals surface area contributed by atoms with Crippen LogP contribution in [-0.2, 0) is 11.3 Å². The van der Waals surface area contributed by atoms with E-state index in [1.807, 2.05) is 0 Å². The minimum Gasteiger partial charge on any atom is -0.508 e. The van der Waals surface area contributed by atoms with Crippen LogP contribution in [0.25, 0.3) is 11.1 Å². The van der Waals surface area contributed by atoms with Gasteiger partial charge in [0.15, 0.2) is 23.3 Å². The first kappa shape index (κ1) is 19.3. The zero-order chi connectivity index (χ0) is 20.4. The van der Waals surface area contributed by atoms with Crippen LogP contribution in [0, 0.1) is 29.1 Å². The van der Waals surface area contributed by atoms with Crippen LogP contribution in [0.3, 0.4) is 0 Å². The summed E-state index contributed by atoms with van der Waals surface area (Å²) in [6.45, 7) is -1.12. The fraction of sp³-hybridized carbons (Fsp3) is 0.0500. The van der Waals surface area contributed by atoms with E-state index in [-0.39, 0.29) is 11.3 Å². The van der Waals surface area contributed by atoms with Gasteiger partial charge in [-0.05, 0) is 35.4 Å². The topological polar surface area (TPSA) is 46.5 Å². The van der Waals surface area contributed by atoms with Crippen molar-refractivity contribution in [3.8, 4) is 16.9 Å². The molecule has 0 saturated heterocycles. The van der Waals surface area contributed by atoms with E-state index in [0.29, 0.717) is 0 Å². The van der Waals surface area contributed by atoms with E-state index in [1.54, 1.807) is 24.3 Å². The van der Waals surface area contributed by atoms with Crippen molar-refractivity contribution in [1.29, 1.82) is 0 Å². The molecule has 0 atom stereocenters. The van der Waals surface area contributed by atoms with Crippen LogP contribution in [0.5, 0.6) is 5.75 Å². The number of halogens is 5. The molecule has 0 fully saturated rings. The van der Waals surface area contributed by atoms with E-state index in [1.165, 1.54) is 24.3 Å². The van der Waals surface area contributed by atoms with Crippen LogP contribution >= 0.6 is 0 Å². The van der Waals surface area contributed by atoms with Crippen molar-refractivity contribution in [3.63, 3.8) is 0 Å². The molecule has 0 aliphatic carbocycles. The summed E-state index contributed by atoms with van der Waals surface area (Å²) < 4.78 is 71.2. The molecule has 0 unspecified atom stereocenters. The summed E-state index contributed by atoms with van der Waals surface area (Å²) in [6.07, 6.45) is 0. The van der Waals surface area contributed by atoms with Gasteiger partial charge in [0.1, 0.15) is 12.4 Å². The Bertz CT molecular complexity index is 1000. The van der Waals surface area contributed by atoms with Gasteiger partial charge in [-0.15, -0.1) is 0 Å². The van der Waals surface area contributed by atoms with Gasteiger partial charge in [-0.1, -0.05) is 24.3 Å². The van der Waals surface area contributed by atoms with Gasteiger partial charge in [0.25, 0.3) is 0 Å². The van der Waals surface area contributed by atoms with Gasteiger partial charge in [-0.3, -0.25) is 0 Å². The summed E-state index contributed by atoms with van der Waals surface area (Å²) in [5.41, 5.74) is 0.271. The van der Waals surface area contributed by atoms with Crippen molar-refractivity contribution < 1.29 is 36.6 Å². The fourth-order valence-electron chi connectivity index (χ4n) is 2.45. The second kappa shape index (κ2) is 7.67. The summed E-state index contributed by atoms with van der Waals surface area (Å²) in [4.78, 5) is 12.0. The summed E-state index contributed by atoms with van der Waals surface area (Å²) >= 11 is 0. The van der Waals surface area contributed by atoms with Gasteiger partial charge >= 0.3 is 5.97 Å². The highest BCUT2D eigenvalue weighted by Crippen LogP contribution is 2.25. The van der Waals surface area contributed by atoms with Crippen molar-refractivity contribution in [2.75, 3.05) is 0 Å². The molecule has 0 radical (unpaired) electrons. The Kier molecular flexibility index (Phi) is 5.30. The van der Waals surface area contributed by atoms with Crippen molar-refractivity contribution in [3.05, 3.63) is 88.7 Å². The number of aromatic hydroxyl groups is 1. The number of carbonyl (C=O) groups excluding carboxylic acids is 1. The molecule has 0 aromatic heterocycles. The third-order valence-electron chi connectivity index (χ3n) is 3.97. The quantitative estimate of drug-likeness (QED) is 0.290. The Balaban J connectivity index is 1.75. The van der Waals surface area contributed by atoms with Crippen molar-refractivity contribution >= 4 is 5.97 Å². The van der Waals surface area contributed by atoms with Gasteiger partial charge in [-0.25, -0.2) is 26.7 Å². The maximum Gasteiger partial charge on any atom is 0.338 e. The lowest BCUT2D eigenvalue weighted by Gasteiger charge is -2.09. The number of hydrogen-bond donors (Lipinski definition) is 1. The lowest BCUT2D eigenvalue weighted by molar-refractivity contribution is 0.0462. The Hall–Kier alpha value is -3.42. The van der Waals surface area contributed by atoms with E-state index in [2.05, 4.69) is 4.74 Å². The van der Waals surface area contributed by atoms with Crippen molar-refractivity contribution in [2.24, 2.45) is 0 Å². The minimum absolute atomic E-state index is 0.0198.